The monoisotopic (exact) mass is 227 g/mol. The van der Waals surface area contributed by atoms with Crippen molar-refractivity contribution in [2.24, 2.45) is 0 Å². The second-order valence-electron chi connectivity index (χ2n) is 3.70. The Bertz CT molecular complexity index is 279. The summed E-state index contributed by atoms with van der Waals surface area (Å²) in [4.78, 5) is 8.17. The van der Waals surface area contributed by atoms with E-state index < -0.39 is 5.60 Å². The zero-order chi connectivity index (χ0) is 11.1. The topological polar surface area (TPSA) is 58.0 Å². The lowest BCUT2D eigenvalue weighted by Gasteiger charge is -2.22. The Kier molecular flexibility index (Phi) is 5.01. The lowest BCUT2D eigenvalue weighted by Crippen LogP contribution is -2.39. The smallest absolute Gasteiger partial charge is 0.141 e. The third-order valence-corrected chi connectivity index (χ3v) is 2.77. The van der Waals surface area contributed by atoms with Crippen LogP contribution in [0, 0.1) is 0 Å². The molecule has 0 fully saturated rings. The molecule has 0 aliphatic rings. The van der Waals surface area contributed by atoms with Crippen molar-refractivity contribution in [2.75, 3.05) is 18.6 Å². The molecule has 0 saturated heterocycles. The van der Waals surface area contributed by atoms with Crippen molar-refractivity contribution in [3.05, 3.63) is 24.3 Å². The van der Waals surface area contributed by atoms with Gasteiger partial charge in [0.05, 0.1) is 12.1 Å². The molecular formula is C10H17N3OS. The van der Waals surface area contributed by atoms with Crippen molar-refractivity contribution in [1.82, 2.24) is 15.3 Å². The number of nitrogens with zero attached hydrogens (tertiary/aromatic N) is 2. The number of aromatic nitrogens is 2. The highest BCUT2D eigenvalue weighted by atomic mass is 32.2. The predicted octanol–water partition coefficient (Wildman–Crippen LogP) is 0.680. The molecule has 15 heavy (non-hydrogen) atoms. The van der Waals surface area contributed by atoms with Crippen LogP contribution in [0.3, 0.4) is 0 Å². The van der Waals surface area contributed by atoms with Gasteiger partial charge in [0.2, 0.25) is 0 Å². The van der Waals surface area contributed by atoms with E-state index in [1.54, 1.807) is 30.2 Å². The Morgan fingerprint density at radius 2 is 2.13 bits per heavy atom. The van der Waals surface area contributed by atoms with Crippen LogP contribution in [-0.4, -0.2) is 39.2 Å². The van der Waals surface area contributed by atoms with E-state index in [0.29, 0.717) is 13.1 Å². The van der Waals surface area contributed by atoms with E-state index in [9.17, 15) is 5.11 Å². The maximum atomic E-state index is 9.87. The summed E-state index contributed by atoms with van der Waals surface area (Å²) in [6.07, 6.45) is 5.41. The minimum absolute atomic E-state index is 0.548. The molecule has 0 radical (unpaired) electrons. The zero-order valence-electron chi connectivity index (χ0n) is 9.10. The van der Waals surface area contributed by atoms with Crippen LogP contribution in [0.15, 0.2) is 18.5 Å². The van der Waals surface area contributed by atoms with E-state index >= 15 is 0 Å². The summed E-state index contributed by atoms with van der Waals surface area (Å²) in [5, 5.41) is 13.0. The van der Waals surface area contributed by atoms with Gasteiger partial charge in [-0.3, -0.25) is 0 Å². The molecule has 1 aromatic rings. The largest absolute Gasteiger partial charge is 0.388 e. The number of thioether (sulfide) groups is 1. The van der Waals surface area contributed by atoms with E-state index in [0.717, 1.165) is 11.6 Å². The van der Waals surface area contributed by atoms with Gasteiger partial charge in [0.15, 0.2) is 0 Å². The molecule has 0 aromatic carbocycles. The maximum absolute atomic E-state index is 9.87. The molecule has 1 unspecified atom stereocenters. The maximum Gasteiger partial charge on any atom is 0.141 e. The highest BCUT2D eigenvalue weighted by Crippen LogP contribution is 2.08. The third kappa shape index (κ3) is 5.11. The lowest BCUT2D eigenvalue weighted by atomic mass is 10.1. The number of aliphatic hydroxyl groups is 1. The van der Waals surface area contributed by atoms with E-state index in [2.05, 4.69) is 15.3 Å². The van der Waals surface area contributed by atoms with Crippen molar-refractivity contribution in [1.29, 1.82) is 0 Å². The number of hydrogen-bond donors (Lipinski definition) is 2. The number of nitrogens with one attached hydrogen (secondary N) is 1. The van der Waals surface area contributed by atoms with Crippen LogP contribution in [0.4, 0.5) is 0 Å². The summed E-state index contributed by atoms with van der Waals surface area (Å²) in [6, 6.07) is 1.79. The second-order valence-corrected chi connectivity index (χ2v) is 4.56. The van der Waals surface area contributed by atoms with Crippen molar-refractivity contribution < 1.29 is 5.11 Å². The first-order valence-corrected chi connectivity index (χ1v) is 6.21. The van der Waals surface area contributed by atoms with Gasteiger partial charge < -0.3 is 10.4 Å². The Morgan fingerprint density at radius 3 is 2.73 bits per heavy atom. The Hall–Kier alpha value is -0.650. The average Bonchev–Trinajstić information content (AvgIpc) is 2.19. The van der Waals surface area contributed by atoms with E-state index in [-0.39, 0.29) is 0 Å². The predicted molar refractivity (Wildman–Crippen MR) is 62.7 cm³/mol. The van der Waals surface area contributed by atoms with Gasteiger partial charge in [0.25, 0.3) is 0 Å². The quantitative estimate of drug-likeness (QED) is 0.748. The molecule has 5 heteroatoms. The lowest BCUT2D eigenvalue weighted by molar-refractivity contribution is 0.0844. The molecule has 1 heterocycles. The van der Waals surface area contributed by atoms with Gasteiger partial charge in [-0.05, 0) is 19.2 Å². The SMILES string of the molecule is CSCC(C)(O)CNCc1ncccn1. The van der Waals surface area contributed by atoms with Crippen LogP contribution in [0.25, 0.3) is 0 Å². The third-order valence-electron chi connectivity index (χ3n) is 1.86. The second kappa shape index (κ2) is 6.05. The molecule has 2 N–H and O–H groups in total. The molecule has 0 bridgehead atoms. The van der Waals surface area contributed by atoms with Crippen LogP contribution in [0.5, 0.6) is 0 Å². The van der Waals surface area contributed by atoms with Crippen molar-refractivity contribution in [3.63, 3.8) is 0 Å². The fraction of sp³-hybridized carbons (Fsp3) is 0.600. The van der Waals surface area contributed by atoms with Gasteiger partial charge in [0.1, 0.15) is 5.82 Å². The standard InChI is InChI=1S/C10H17N3OS/c1-10(14,8-15-2)7-11-6-9-12-4-3-5-13-9/h3-5,11,14H,6-8H2,1-2H3. The van der Waals surface area contributed by atoms with Crippen LogP contribution < -0.4 is 5.32 Å². The summed E-state index contributed by atoms with van der Waals surface area (Å²) in [5.74, 6) is 1.47. The molecule has 0 spiro atoms. The molecular weight excluding hydrogens is 210 g/mol. The van der Waals surface area contributed by atoms with Crippen molar-refractivity contribution in [2.45, 2.75) is 19.1 Å². The van der Waals surface area contributed by atoms with Crippen LogP contribution >= 0.6 is 11.8 Å². The average molecular weight is 227 g/mol. The minimum atomic E-state index is -0.672. The molecule has 1 aromatic heterocycles. The zero-order valence-corrected chi connectivity index (χ0v) is 9.92. The molecule has 0 aliphatic heterocycles. The summed E-state index contributed by atoms with van der Waals surface area (Å²) in [5.41, 5.74) is -0.672. The highest BCUT2D eigenvalue weighted by Gasteiger charge is 2.18. The first-order chi connectivity index (χ1) is 7.14. The summed E-state index contributed by atoms with van der Waals surface area (Å²) < 4.78 is 0. The van der Waals surface area contributed by atoms with E-state index in [1.807, 2.05) is 13.2 Å². The Labute approximate surface area is 94.5 Å². The fourth-order valence-corrected chi connectivity index (χ4v) is 1.95. The fourth-order valence-electron chi connectivity index (χ4n) is 1.23. The normalized spacial score (nSPS) is 14.9. The van der Waals surface area contributed by atoms with Crippen molar-refractivity contribution in [3.8, 4) is 0 Å². The summed E-state index contributed by atoms with van der Waals surface area (Å²) >= 11 is 1.63. The summed E-state index contributed by atoms with van der Waals surface area (Å²) in [6.45, 7) is 2.96. The van der Waals surface area contributed by atoms with Crippen LogP contribution in [0.1, 0.15) is 12.7 Å². The Morgan fingerprint density at radius 1 is 1.47 bits per heavy atom. The van der Waals surface area contributed by atoms with Gasteiger partial charge in [-0.15, -0.1) is 0 Å². The van der Waals surface area contributed by atoms with E-state index in [4.69, 9.17) is 0 Å². The van der Waals surface area contributed by atoms with E-state index in [1.165, 1.54) is 0 Å². The van der Waals surface area contributed by atoms with Gasteiger partial charge >= 0.3 is 0 Å². The van der Waals surface area contributed by atoms with Gasteiger partial charge in [0, 0.05) is 24.7 Å². The molecule has 0 aliphatic carbocycles. The number of rotatable bonds is 6. The molecule has 4 nitrogen and oxygen atoms in total. The first-order valence-electron chi connectivity index (χ1n) is 4.82. The molecule has 0 saturated carbocycles. The minimum Gasteiger partial charge on any atom is -0.388 e. The molecule has 84 valence electrons. The Balaban J connectivity index is 2.27. The van der Waals surface area contributed by atoms with Gasteiger partial charge in [-0.1, -0.05) is 0 Å². The summed E-state index contributed by atoms with van der Waals surface area (Å²) in [7, 11) is 0. The van der Waals surface area contributed by atoms with Gasteiger partial charge in [-0.2, -0.15) is 11.8 Å². The number of hydrogen-bond acceptors (Lipinski definition) is 5. The van der Waals surface area contributed by atoms with Crippen molar-refractivity contribution >= 4 is 11.8 Å². The highest BCUT2D eigenvalue weighted by molar-refractivity contribution is 7.98. The first kappa shape index (κ1) is 12.4. The molecule has 1 rings (SSSR count). The molecule has 0 amide bonds. The molecule has 1 atom stereocenters. The van der Waals surface area contributed by atoms with Gasteiger partial charge in [-0.25, -0.2) is 9.97 Å². The van der Waals surface area contributed by atoms with Crippen LogP contribution in [0.2, 0.25) is 0 Å². The van der Waals surface area contributed by atoms with Crippen LogP contribution in [-0.2, 0) is 6.54 Å².